The number of nitrogens with one attached hydrogen (secondary N) is 1. The second-order valence-corrected chi connectivity index (χ2v) is 7.07. The molecule has 0 bridgehead atoms. The van der Waals surface area contributed by atoms with Gasteiger partial charge in [-0.1, -0.05) is 19.3 Å². The molecule has 1 saturated carbocycles. The monoisotopic (exact) mass is 264 g/mol. The zero-order valence-corrected chi connectivity index (χ0v) is 12.2. The normalized spacial score (nSPS) is 25.7. The lowest BCUT2D eigenvalue weighted by Gasteiger charge is -2.18. The van der Waals surface area contributed by atoms with Crippen LogP contribution in [-0.4, -0.2) is 18.1 Å². The average Bonchev–Trinajstić information content (AvgIpc) is 3.02. The first kappa shape index (κ1) is 12.6. The van der Waals surface area contributed by atoms with E-state index in [-0.39, 0.29) is 0 Å². The number of aryl methyl sites for hydroxylation is 1. The van der Waals surface area contributed by atoms with E-state index in [1.165, 1.54) is 68.7 Å². The molecule has 3 heteroatoms. The van der Waals surface area contributed by atoms with E-state index in [2.05, 4.69) is 12.2 Å². The van der Waals surface area contributed by atoms with Crippen LogP contribution in [0.1, 0.15) is 60.0 Å². The smallest absolute Gasteiger partial charge is 0.0961 e. The molecule has 2 fully saturated rings. The minimum Gasteiger partial charge on any atom is -0.316 e. The molecule has 3 rings (SSSR count). The molecule has 1 saturated heterocycles. The second kappa shape index (κ2) is 5.70. The largest absolute Gasteiger partial charge is 0.316 e. The van der Waals surface area contributed by atoms with E-state index >= 15 is 0 Å². The lowest BCUT2D eigenvalue weighted by atomic mass is 9.90. The van der Waals surface area contributed by atoms with Gasteiger partial charge in [-0.25, -0.2) is 4.98 Å². The summed E-state index contributed by atoms with van der Waals surface area (Å²) in [5.74, 6) is 1.63. The van der Waals surface area contributed by atoms with Gasteiger partial charge in [0, 0.05) is 10.8 Å². The molecule has 2 nitrogen and oxygen atoms in total. The topological polar surface area (TPSA) is 24.9 Å². The van der Waals surface area contributed by atoms with Crippen molar-refractivity contribution in [1.82, 2.24) is 10.3 Å². The Morgan fingerprint density at radius 1 is 1.22 bits per heavy atom. The first-order valence-corrected chi connectivity index (χ1v) is 8.31. The Kier molecular flexibility index (Phi) is 4.00. The third-order valence-electron chi connectivity index (χ3n) is 4.50. The highest BCUT2D eigenvalue weighted by molar-refractivity contribution is 7.11. The number of thiazole rings is 1. The van der Waals surface area contributed by atoms with Gasteiger partial charge in [-0.3, -0.25) is 0 Å². The molecule has 0 aromatic carbocycles. The van der Waals surface area contributed by atoms with Crippen LogP contribution in [0.15, 0.2) is 0 Å². The van der Waals surface area contributed by atoms with E-state index in [0.717, 1.165) is 11.8 Å². The van der Waals surface area contributed by atoms with Crippen LogP contribution in [0.2, 0.25) is 0 Å². The molecule has 0 spiro atoms. The quantitative estimate of drug-likeness (QED) is 0.901. The van der Waals surface area contributed by atoms with E-state index < -0.39 is 0 Å². The number of hydrogen-bond donors (Lipinski definition) is 1. The summed E-state index contributed by atoms with van der Waals surface area (Å²) >= 11 is 2.01. The van der Waals surface area contributed by atoms with Gasteiger partial charge in [0.1, 0.15) is 0 Å². The van der Waals surface area contributed by atoms with Gasteiger partial charge in [0.05, 0.1) is 10.7 Å². The van der Waals surface area contributed by atoms with Crippen molar-refractivity contribution in [3.63, 3.8) is 0 Å². The van der Waals surface area contributed by atoms with Gasteiger partial charge in [0.25, 0.3) is 0 Å². The van der Waals surface area contributed by atoms with Crippen LogP contribution >= 0.6 is 11.3 Å². The van der Waals surface area contributed by atoms with Gasteiger partial charge < -0.3 is 5.32 Å². The molecule has 0 amide bonds. The van der Waals surface area contributed by atoms with Gasteiger partial charge >= 0.3 is 0 Å². The van der Waals surface area contributed by atoms with Crippen molar-refractivity contribution in [2.45, 2.75) is 57.8 Å². The molecule has 1 aromatic rings. The highest BCUT2D eigenvalue weighted by atomic mass is 32.1. The number of hydrogen-bond acceptors (Lipinski definition) is 3. The zero-order chi connectivity index (χ0) is 12.4. The minimum atomic E-state index is 0.776. The molecular weight excluding hydrogens is 240 g/mol. The van der Waals surface area contributed by atoms with Crippen LogP contribution < -0.4 is 5.32 Å². The molecule has 1 aromatic heterocycles. The van der Waals surface area contributed by atoms with Crippen LogP contribution in [0, 0.1) is 12.8 Å². The first-order chi connectivity index (χ1) is 8.83. The lowest BCUT2D eigenvalue weighted by Crippen LogP contribution is -2.10. The summed E-state index contributed by atoms with van der Waals surface area (Å²) in [6.45, 7) is 4.62. The molecule has 1 aliphatic heterocycles. The molecule has 18 heavy (non-hydrogen) atoms. The summed E-state index contributed by atoms with van der Waals surface area (Å²) in [6.07, 6.45) is 9.59. The summed E-state index contributed by atoms with van der Waals surface area (Å²) in [6, 6.07) is 0. The molecule has 0 radical (unpaired) electrons. The zero-order valence-electron chi connectivity index (χ0n) is 11.4. The lowest BCUT2D eigenvalue weighted by molar-refractivity contribution is 0.442. The van der Waals surface area contributed by atoms with Crippen LogP contribution in [-0.2, 0) is 6.42 Å². The maximum absolute atomic E-state index is 4.87. The summed E-state index contributed by atoms with van der Waals surface area (Å²) < 4.78 is 0. The summed E-state index contributed by atoms with van der Waals surface area (Å²) in [5, 5.41) is 4.90. The van der Waals surface area contributed by atoms with E-state index in [4.69, 9.17) is 4.98 Å². The van der Waals surface area contributed by atoms with Crippen LogP contribution in [0.5, 0.6) is 0 Å². The van der Waals surface area contributed by atoms with Crippen LogP contribution in [0.3, 0.4) is 0 Å². The van der Waals surface area contributed by atoms with Crippen molar-refractivity contribution in [3.8, 4) is 0 Å². The van der Waals surface area contributed by atoms with E-state index in [9.17, 15) is 0 Å². The summed E-state index contributed by atoms with van der Waals surface area (Å²) in [7, 11) is 0. The Hall–Kier alpha value is -0.410. The third-order valence-corrected chi connectivity index (χ3v) is 5.84. The minimum absolute atomic E-state index is 0.776. The van der Waals surface area contributed by atoms with E-state index in [1.54, 1.807) is 4.88 Å². The Bertz CT molecular complexity index is 387. The highest BCUT2D eigenvalue weighted by Crippen LogP contribution is 2.36. The number of rotatable bonds is 3. The van der Waals surface area contributed by atoms with Crippen molar-refractivity contribution in [2.75, 3.05) is 13.1 Å². The molecule has 2 aliphatic rings. The Morgan fingerprint density at radius 3 is 2.78 bits per heavy atom. The maximum atomic E-state index is 4.87. The van der Waals surface area contributed by atoms with Crippen LogP contribution in [0.4, 0.5) is 0 Å². The fourth-order valence-corrected chi connectivity index (χ4v) is 4.66. The molecule has 1 N–H and O–H groups in total. The van der Waals surface area contributed by atoms with Crippen molar-refractivity contribution in [2.24, 2.45) is 5.92 Å². The molecule has 2 heterocycles. The Labute approximate surface area is 114 Å². The van der Waals surface area contributed by atoms with Gasteiger partial charge in [-0.05, 0) is 51.6 Å². The number of nitrogens with zero attached hydrogens (tertiary/aromatic N) is 1. The van der Waals surface area contributed by atoms with Crippen molar-refractivity contribution < 1.29 is 0 Å². The van der Waals surface area contributed by atoms with Gasteiger partial charge in [-0.15, -0.1) is 11.3 Å². The Balaban J connectivity index is 1.68. The maximum Gasteiger partial charge on any atom is 0.0961 e. The predicted molar refractivity (Wildman–Crippen MR) is 77.4 cm³/mol. The van der Waals surface area contributed by atoms with Gasteiger partial charge in [0.15, 0.2) is 0 Å². The van der Waals surface area contributed by atoms with E-state index in [1.807, 2.05) is 11.3 Å². The fourth-order valence-electron chi connectivity index (χ4n) is 3.31. The molecule has 1 atom stereocenters. The molecule has 1 aliphatic carbocycles. The second-order valence-electron chi connectivity index (χ2n) is 5.96. The SMILES string of the molecule is Cc1nc(C2CCCCC2)sc1CC1CCNC1. The van der Waals surface area contributed by atoms with E-state index in [0.29, 0.717) is 0 Å². The number of aromatic nitrogens is 1. The first-order valence-electron chi connectivity index (χ1n) is 7.50. The third kappa shape index (κ3) is 2.77. The van der Waals surface area contributed by atoms with Crippen molar-refractivity contribution in [1.29, 1.82) is 0 Å². The Morgan fingerprint density at radius 2 is 2.06 bits per heavy atom. The van der Waals surface area contributed by atoms with Gasteiger partial charge in [-0.2, -0.15) is 0 Å². The highest BCUT2D eigenvalue weighted by Gasteiger charge is 2.22. The molecular formula is C15H24N2S. The molecule has 1 unspecified atom stereocenters. The van der Waals surface area contributed by atoms with Crippen molar-refractivity contribution in [3.05, 3.63) is 15.6 Å². The molecule has 100 valence electrons. The van der Waals surface area contributed by atoms with Gasteiger partial charge in [0.2, 0.25) is 0 Å². The summed E-state index contributed by atoms with van der Waals surface area (Å²) in [5.41, 5.74) is 1.31. The predicted octanol–water partition coefficient (Wildman–Crippen LogP) is 3.65. The standard InChI is InChI=1S/C15H24N2S/c1-11-14(9-12-7-8-16-10-12)18-15(17-11)13-5-3-2-4-6-13/h12-13,16H,2-10H2,1H3. The fraction of sp³-hybridized carbons (Fsp3) is 0.800. The van der Waals surface area contributed by atoms with Crippen molar-refractivity contribution >= 4 is 11.3 Å². The van der Waals surface area contributed by atoms with Crippen LogP contribution in [0.25, 0.3) is 0 Å². The average molecular weight is 264 g/mol. The summed E-state index contributed by atoms with van der Waals surface area (Å²) in [4.78, 5) is 6.43.